The van der Waals surface area contributed by atoms with Crippen LogP contribution in [-0.4, -0.2) is 35.7 Å². The van der Waals surface area contributed by atoms with Crippen LogP contribution in [0.4, 0.5) is 5.69 Å². The lowest BCUT2D eigenvalue weighted by Crippen LogP contribution is -2.36. The van der Waals surface area contributed by atoms with Crippen LogP contribution in [0, 0.1) is 0 Å². The number of hydrogen-bond acceptors (Lipinski definition) is 4. The van der Waals surface area contributed by atoms with Gasteiger partial charge in [-0.25, -0.2) is 0 Å². The first-order valence-electron chi connectivity index (χ1n) is 4.68. The van der Waals surface area contributed by atoms with Crippen molar-refractivity contribution in [1.29, 1.82) is 0 Å². The monoisotopic (exact) mass is 209 g/mol. The van der Waals surface area contributed by atoms with E-state index in [-0.39, 0.29) is 12.5 Å². The van der Waals surface area contributed by atoms with Crippen LogP contribution >= 0.6 is 0 Å². The van der Waals surface area contributed by atoms with Crippen molar-refractivity contribution in [2.75, 3.05) is 18.5 Å². The Kier molecular flexibility index (Phi) is 4.05. The molecule has 0 aliphatic carbocycles. The molecule has 0 spiro atoms. The molecule has 1 atom stereocenters. The Morgan fingerprint density at radius 2 is 2.47 bits per heavy atom. The van der Waals surface area contributed by atoms with Crippen LogP contribution in [0.3, 0.4) is 0 Å². The highest BCUT2D eigenvalue weighted by Gasteiger charge is 2.11. The zero-order valence-corrected chi connectivity index (χ0v) is 8.63. The van der Waals surface area contributed by atoms with E-state index in [1.54, 1.807) is 12.4 Å². The highest BCUT2D eigenvalue weighted by atomic mass is 16.4. The van der Waals surface area contributed by atoms with Gasteiger partial charge in [-0.2, -0.15) is 0 Å². The number of carboxylic acid groups (broad SMARTS) is 1. The first kappa shape index (κ1) is 11.5. The Hall–Kier alpha value is -1.62. The molecule has 0 saturated carbocycles. The average molecular weight is 209 g/mol. The normalized spacial score (nSPS) is 12.1. The van der Waals surface area contributed by atoms with Gasteiger partial charge in [0.05, 0.1) is 18.3 Å². The zero-order valence-electron chi connectivity index (χ0n) is 8.63. The highest BCUT2D eigenvalue weighted by Crippen LogP contribution is 2.09. The van der Waals surface area contributed by atoms with Crippen molar-refractivity contribution in [3.05, 3.63) is 24.5 Å². The van der Waals surface area contributed by atoms with E-state index in [1.807, 2.05) is 24.1 Å². The number of hydrogen-bond donors (Lipinski definition) is 2. The number of anilines is 1. The molecule has 5 heteroatoms. The van der Waals surface area contributed by atoms with E-state index >= 15 is 0 Å². The molecule has 0 bridgehead atoms. The molecule has 0 amide bonds. The fourth-order valence-corrected chi connectivity index (χ4v) is 1.33. The Morgan fingerprint density at radius 3 is 3.00 bits per heavy atom. The smallest absolute Gasteiger partial charge is 0.304 e. The number of aromatic nitrogens is 1. The minimum absolute atomic E-state index is 0.0232. The van der Waals surface area contributed by atoms with E-state index in [0.29, 0.717) is 6.54 Å². The van der Waals surface area contributed by atoms with E-state index in [2.05, 4.69) is 4.98 Å². The van der Waals surface area contributed by atoms with Crippen LogP contribution in [0.5, 0.6) is 0 Å². The van der Waals surface area contributed by atoms with Gasteiger partial charge in [0.1, 0.15) is 0 Å². The largest absolute Gasteiger partial charge is 0.481 e. The van der Waals surface area contributed by atoms with Gasteiger partial charge in [-0.1, -0.05) is 0 Å². The number of rotatable bonds is 5. The van der Waals surface area contributed by atoms with E-state index < -0.39 is 5.97 Å². The van der Waals surface area contributed by atoms with Crippen molar-refractivity contribution in [2.45, 2.75) is 12.5 Å². The molecule has 5 nitrogen and oxygen atoms in total. The molecule has 0 radical (unpaired) electrons. The van der Waals surface area contributed by atoms with Crippen LogP contribution in [-0.2, 0) is 4.79 Å². The molecule has 0 saturated heterocycles. The van der Waals surface area contributed by atoms with Crippen LogP contribution in [0.1, 0.15) is 6.42 Å². The van der Waals surface area contributed by atoms with Crippen molar-refractivity contribution < 1.29 is 9.90 Å². The fourth-order valence-electron chi connectivity index (χ4n) is 1.33. The van der Waals surface area contributed by atoms with Gasteiger partial charge in [-0.15, -0.1) is 0 Å². The van der Waals surface area contributed by atoms with Gasteiger partial charge in [0, 0.05) is 25.8 Å². The number of pyridine rings is 1. The molecule has 15 heavy (non-hydrogen) atoms. The van der Waals surface area contributed by atoms with Crippen molar-refractivity contribution in [2.24, 2.45) is 5.73 Å². The second kappa shape index (κ2) is 5.31. The minimum atomic E-state index is -0.873. The second-order valence-corrected chi connectivity index (χ2v) is 3.45. The number of carboxylic acids is 1. The van der Waals surface area contributed by atoms with Crippen LogP contribution in [0.15, 0.2) is 24.5 Å². The maximum Gasteiger partial charge on any atom is 0.304 e. The zero-order chi connectivity index (χ0) is 11.3. The van der Waals surface area contributed by atoms with E-state index in [4.69, 9.17) is 10.8 Å². The van der Waals surface area contributed by atoms with Gasteiger partial charge in [-0.05, 0) is 12.1 Å². The van der Waals surface area contributed by atoms with Crippen molar-refractivity contribution in [1.82, 2.24) is 4.98 Å². The first-order chi connectivity index (χ1) is 7.09. The predicted octanol–water partition coefficient (Wildman–Crippen LogP) is 0.320. The summed E-state index contributed by atoms with van der Waals surface area (Å²) in [6.07, 6.45) is 3.38. The molecule has 82 valence electrons. The molecular formula is C10H15N3O2. The van der Waals surface area contributed by atoms with E-state index in [1.165, 1.54) is 0 Å². The predicted molar refractivity (Wildman–Crippen MR) is 57.7 cm³/mol. The van der Waals surface area contributed by atoms with Gasteiger partial charge < -0.3 is 15.7 Å². The van der Waals surface area contributed by atoms with E-state index in [9.17, 15) is 4.79 Å². The Balaban J connectivity index is 2.49. The number of carbonyl (C=O) groups is 1. The summed E-state index contributed by atoms with van der Waals surface area (Å²) < 4.78 is 0. The number of nitrogens with zero attached hydrogens (tertiary/aromatic N) is 2. The fraction of sp³-hybridized carbons (Fsp3) is 0.400. The maximum atomic E-state index is 10.4. The maximum absolute atomic E-state index is 10.4. The average Bonchev–Trinajstić information content (AvgIpc) is 2.17. The molecular weight excluding hydrogens is 194 g/mol. The molecule has 0 aliphatic rings. The Labute approximate surface area is 88.5 Å². The molecule has 1 rings (SSSR count). The number of nitrogens with two attached hydrogens (primary N) is 1. The number of aliphatic carboxylic acids is 1. The summed E-state index contributed by atoms with van der Waals surface area (Å²) in [4.78, 5) is 16.3. The first-order valence-corrected chi connectivity index (χ1v) is 4.68. The summed E-state index contributed by atoms with van der Waals surface area (Å²) in [6, 6.07) is 3.36. The SMILES string of the molecule is CN(CC(N)CC(=O)O)c1cccnc1. The van der Waals surface area contributed by atoms with Crippen molar-refractivity contribution in [3.8, 4) is 0 Å². The molecule has 3 N–H and O–H groups in total. The summed E-state index contributed by atoms with van der Waals surface area (Å²) in [5.41, 5.74) is 6.60. The van der Waals surface area contributed by atoms with Crippen LogP contribution < -0.4 is 10.6 Å². The van der Waals surface area contributed by atoms with Gasteiger partial charge in [0.2, 0.25) is 0 Å². The van der Waals surface area contributed by atoms with Gasteiger partial charge in [-0.3, -0.25) is 9.78 Å². The van der Waals surface area contributed by atoms with E-state index in [0.717, 1.165) is 5.69 Å². The third-order valence-corrected chi connectivity index (χ3v) is 2.03. The summed E-state index contributed by atoms with van der Waals surface area (Å²) in [5, 5.41) is 8.56. The van der Waals surface area contributed by atoms with Gasteiger partial charge >= 0.3 is 5.97 Å². The molecule has 1 unspecified atom stereocenters. The molecule has 1 aromatic heterocycles. The topological polar surface area (TPSA) is 79.5 Å². The standard InChI is InChI=1S/C10H15N3O2/c1-13(7-8(11)5-10(14)15)9-3-2-4-12-6-9/h2-4,6,8H,5,7,11H2,1H3,(H,14,15). The van der Waals surface area contributed by atoms with Gasteiger partial charge in [0.15, 0.2) is 0 Å². The third kappa shape index (κ3) is 3.95. The van der Waals surface area contributed by atoms with Crippen molar-refractivity contribution >= 4 is 11.7 Å². The summed E-state index contributed by atoms with van der Waals surface area (Å²) in [7, 11) is 1.86. The Morgan fingerprint density at radius 1 is 1.73 bits per heavy atom. The van der Waals surface area contributed by atoms with Crippen LogP contribution in [0.25, 0.3) is 0 Å². The minimum Gasteiger partial charge on any atom is -0.481 e. The third-order valence-electron chi connectivity index (χ3n) is 2.03. The summed E-state index contributed by atoms with van der Waals surface area (Å²) in [6.45, 7) is 0.498. The quantitative estimate of drug-likeness (QED) is 0.730. The highest BCUT2D eigenvalue weighted by molar-refractivity contribution is 5.67. The molecule has 1 heterocycles. The molecule has 0 aromatic carbocycles. The lowest BCUT2D eigenvalue weighted by Gasteiger charge is -2.21. The molecule has 1 aromatic rings. The molecule has 0 aliphatic heterocycles. The van der Waals surface area contributed by atoms with Crippen molar-refractivity contribution in [3.63, 3.8) is 0 Å². The second-order valence-electron chi connectivity index (χ2n) is 3.45. The summed E-state index contributed by atoms with van der Waals surface area (Å²) >= 11 is 0. The van der Waals surface area contributed by atoms with Gasteiger partial charge in [0.25, 0.3) is 0 Å². The molecule has 0 fully saturated rings. The summed E-state index contributed by atoms with van der Waals surface area (Å²) in [5.74, 6) is -0.873. The lowest BCUT2D eigenvalue weighted by atomic mass is 10.2. The number of likely N-dealkylation sites (N-methyl/N-ethyl adjacent to an activating group) is 1. The Bertz CT molecular complexity index is 316. The lowest BCUT2D eigenvalue weighted by molar-refractivity contribution is -0.137. The van der Waals surface area contributed by atoms with Crippen LogP contribution in [0.2, 0.25) is 0 Å².